The highest BCUT2D eigenvalue weighted by atomic mass is 32.2. The van der Waals surface area contributed by atoms with Crippen LogP contribution >= 0.6 is 0 Å². The predicted octanol–water partition coefficient (Wildman–Crippen LogP) is 0.00462. The molecule has 0 aromatic heterocycles. The van der Waals surface area contributed by atoms with Gasteiger partial charge in [-0.3, -0.25) is 9.52 Å². The van der Waals surface area contributed by atoms with Crippen molar-refractivity contribution in [3.05, 3.63) is 29.8 Å². The Kier molecular flexibility index (Phi) is 5.58. The van der Waals surface area contributed by atoms with E-state index in [0.29, 0.717) is 5.56 Å². The summed E-state index contributed by atoms with van der Waals surface area (Å²) in [5.74, 6) is 0. The van der Waals surface area contributed by atoms with Gasteiger partial charge in [0.1, 0.15) is 0 Å². The molecule has 0 fully saturated rings. The molecule has 0 unspecified atom stereocenters. The van der Waals surface area contributed by atoms with E-state index in [4.69, 9.17) is 0 Å². The Labute approximate surface area is 89.3 Å². The van der Waals surface area contributed by atoms with Crippen molar-refractivity contribution >= 4 is 16.4 Å². The molecule has 0 radical (unpaired) electrons. The quantitative estimate of drug-likeness (QED) is 0.715. The van der Waals surface area contributed by atoms with Crippen molar-refractivity contribution in [3.8, 4) is 0 Å². The first-order chi connectivity index (χ1) is 7.08. The SMILES string of the molecule is CN.Cc1ccccc1S(=O)(=O)NC=O. The molecule has 0 aliphatic heterocycles. The molecule has 0 saturated carbocycles. The molecular weight excluding hydrogens is 216 g/mol. The molecule has 3 N–H and O–H groups in total. The molecule has 6 heteroatoms. The van der Waals surface area contributed by atoms with Crippen LogP contribution in [0.4, 0.5) is 0 Å². The average Bonchev–Trinajstić information content (AvgIpc) is 2.21. The predicted molar refractivity (Wildman–Crippen MR) is 57.7 cm³/mol. The second kappa shape index (κ2) is 6.15. The molecule has 1 rings (SSSR count). The average molecular weight is 230 g/mol. The molecule has 0 heterocycles. The molecule has 0 aliphatic rings. The Morgan fingerprint density at radius 3 is 2.27 bits per heavy atom. The van der Waals surface area contributed by atoms with Crippen molar-refractivity contribution in [2.75, 3.05) is 7.05 Å². The van der Waals surface area contributed by atoms with Gasteiger partial charge in [0.15, 0.2) is 0 Å². The van der Waals surface area contributed by atoms with Crippen molar-refractivity contribution in [3.63, 3.8) is 0 Å². The van der Waals surface area contributed by atoms with Gasteiger partial charge >= 0.3 is 0 Å². The minimum absolute atomic E-state index is 0.127. The summed E-state index contributed by atoms with van der Waals surface area (Å²) in [7, 11) is -2.16. The number of hydrogen-bond acceptors (Lipinski definition) is 4. The number of rotatable bonds is 3. The third kappa shape index (κ3) is 3.69. The number of aryl methyl sites for hydroxylation is 1. The molecule has 1 amide bonds. The monoisotopic (exact) mass is 230 g/mol. The second-order valence-corrected chi connectivity index (χ2v) is 4.19. The van der Waals surface area contributed by atoms with Gasteiger partial charge in [-0.15, -0.1) is 0 Å². The Morgan fingerprint density at radius 2 is 1.80 bits per heavy atom. The maximum atomic E-state index is 11.3. The topological polar surface area (TPSA) is 89.3 Å². The van der Waals surface area contributed by atoms with E-state index in [1.54, 1.807) is 29.8 Å². The maximum absolute atomic E-state index is 11.3. The van der Waals surface area contributed by atoms with Crippen LogP contribution in [0.2, 0.25) is 0 Å². The number of nitrogens with one attached hydrogen (secondary N) is 1. The number of benzene rings is 1. The standard InChI is InChI=1S/C8H9NO3S.CH5N/c1-7-4-2-3-5-8(7)13(11,12)9-6-10;1-2/h2-6H,1H3,(H,9,10);2H2,1H3. The van der Waals surface area contributed by atoms with Crippen LogP contribution in [-0.4, -0.2) is 21.9 Å². The summed E-state index contributed by atoms with van der Waals surface area (Å²) in [5.41, 5.74) is 5.11. The minimum Gasteiger partial charge on any atom is -0.333 e. The van der Waals surface area contributed by atoms with E-state index in [1.165, 1.54) is 13.1 Å². The van der Waals surface area contributed by atoms with Crippen LogP contribution in [-0.2, 0) is 14.8 Å². The van der Waals surface area contributed by atoms with E-state index < -0.39 is 10.0 Å². The second-order valence-electron chi connectivity index (χ2n) is 2.50. The van der Waals surface area contributed by atoms with Crippen molar-refractivity contribution < 1.29 is 13.2 Å². The molecule has 15 heavy (non-hydrogen) atoms. The van der Waals surface area contributed by atoms with Crippen LogP contribution in [0.5, 0.6) is 0 Å². The highest BCUT2D eigenvalue weighted by molar-refractivity contribution is 7.90. The summed E-state index contributed by atoms with van der Waals surface area (Å²) in [5, 5.41) is 0. The summed E-state index contributed by atoms with van der Waals surface area (Å²) in [4.78, 5) is 10.1. The summed E-state index contributed by atoms with van der Waals surface area (Å²) in [6.45, 7) is 1.67. The van der Waals surface area contributed by atoms with Crippen molar-refractivity contribution in [2.45, 2.75) is 11.8 Å². The van der Waals surface area contributed by atoms with E-state index in [-0.39, 0.29) is 11.3 Å². The number of sulfonamides is 1. The van der Waals surface area contributed by atoms with Gasteiger partial charge in [0.25, 0.3) is 10.0 Å². The van der Waals surface area contributed by atoms with Gasteiger partial charge < -0.3 is 5.73 Å². The van der Waals surface area contributed by atoms with Gasteiger partial charge in [-0.2, -0.15) is 0 Å². The van der Waals surface area contributed by atoms with E-state index >= 15 is 0 Å². The minimum atomic E-state index is -3.66. The first-order valence-corrected chi connectivity index (χ1v) is 5.65. The van der Waals surface area contributed by atoms with Crippen molar-refractivity contribution in [1.29, 1.82) is 0 Å². The fourth-order valence-corrected chi connectivity index (χ4v) is 1.99. The normalized spacial score (nSPS) is 9.80. The number of amides is 1. The molecule has 0 bridgehead atoms. The van der Waals surface area contributed by atoms with E-state index in [0.717, 1.165) is 0 Å². The zero-order chi connectivity index (χ0) is 11.9. The van der Waals surface area contributed by atoms with Gasteiger partial charge in [-0.25, -0.2) is 8.42 Å². The lowest BCUT2D eigenvalue weighted by Crippen LogP contribution is -2.22. The lowest BCUT2D eigenvalue weighted by molar-refractivity contribution is -0.108. The van der Waals surface area contributed by atoms with Gasteiger partial charge in [0.2, 0.25) is 6.41 Å². The highest BCUT2D eigenvalue weighted by Gasteiger charge is 2.14. The molecule has 0 spiro atoms. The fraction of sp³-hybridized carbons (Fsp3) is 0.222. The zero-order valence-electron chi connectivity index (χ0n) is 8.60. The zero-order valence-corrected chi connectivity index (χ0v) is 9.41. The number of hydrogen-bond donors (Lipinski definition) is 2. The van der Waals surface area contributed by atoms with Crippen LogP contribution in [0, 0.1) is 6.92 Å². The molecule has 0 atom stereocenters. The van der Waals surface area contributed by atoms with Crippen LogP contribution in [0.1, 0.15) is 5.56 Å². The fourth-order valence-electron chi connectivity index (χ4n) is 0.985. The lowest BCUT2D eigenvalue weighted by Gasteiger charge is -2.04. The lowest BCUT2D eigenvalue weighted by atomic mass is 10.2. The summed E-state index contributed by atoms with van der Waals surface area (Å²) >= 11 is 0. The van der Waals surface area contributed by atoms with E-state index in [9.17, 15) is 13.2 Å². The smallest absolute Gasteiger partial charge is 0.264 e. The Balaban J connectivity index is 0.000000921. The number of nitrogens with two attached hydrogens (primary N) is 1. The van der Waals surface area contributed by atoms with Gasteiger partial charge in [-0.1, -0.05) is 18.2 Å². The molecule has 0 aliphatic carbocycles. The summed E-state index contributed by atoms with van der Waals surface area (Å²) in [6, 6.07) is 6.45. The van der Waals surface area contributed by atoms with Crippen LogP contribution in [0.3, 0.4) is 0 Å². The van der Waals surface area contributed by atoms with E-state index in [1.807, 2.05) is 0 Å². The maximum Gasteiger partial charge on any atom is 0.264 e. The molecule has 84 valence electrons. The van der Waals surface area contributed by atoms with Crippen molar-refractivity contribution in [2.24, 2.45) is 5.73 Å². The third-order valence-electron chi connectivity index (χ3n) is 1.59. The van der Waals surface area contributed by atoms with Crippen LogP contribution in [0.25, 0.3) is 0 Å². The first kappa shape index (κ1) is 13.6. The molecule has 0 saturated heterocycles. The van der Waals surface area contributed by atoms with Crippen molar-refractivity contribution in [1.82, 2.24) is 4.72 Å². The first-order valence-electron chi connectivity index (χ1n) is 4.17. The number of carbonyl (C=O) groups is 1. The van der Waals surface area contributed by atoms with Crippen LogP contribution in [0.15, 0.2) is 29.2 Å². The summed E-state index contributed by atoms with van der Waals surface area (Å²) < 4.78 is 24.4. The molecule has 1 aromatic rings. The molecule has 5 nitrogen and oxygen atoms in total. The Hall–Kier alpha value is -1.40. The summed E-state index contributed by atoms with van der Waals surface area (Å²) in [6.07, 6.45) is 0.155. The highest BCUT2D eigenvalue weighted by Crippen LogP contribution is 2.12. The largest absolute Gasteiger partial charge is 0.333 e. The van der Waals surface area contributed by atoms with Crippen LogP contribution < -0.4 is 10.5 Å². The Bertz CT molecular complexity index is 415. The molecule has 1 aromatic carbocycles. The van der Waals surface area contributed by atoms with Gasteiger partial charge in [0, 0.05) is 0 Å². The number of carbonyl (C=O) groups excluding carboxylic acids is 1. The van der Waals surface area contributed by atoms with Gasteiger partial charge in [-0.05, 0) is 25.6 Å². The van der Waals surface area contributed by atoms with Gasteiger partial charge in [0.05, 0.1) is 4.90 Å². The molecular formula is C9H14N2O3S. The Morgan fingerprint density at radius 1 is 1.27 bits per heavy atom. The van der Waals surface area contributed by atoms with E-state index in [2.05, 4.69) is 5.73 Å². The third-order valence-corrected chi connectivity index (χ3v) is 3.03.